The van der Waals surface area contributed by atoms with E-state index in [1.54, 1.807) is 11.3 Å². The molecule has 64 valence electrons. The van der Waals surface area contributed by atoms with Crippen molar-refractivity contribution in [2.24, 2.45) is 0 Å². The van der Waals surface area contributed by atoms with Crippen molar-refractivity contribution in [3.8, 4) is 6.07 Å². The number of thiophene rings is 1. The minimum atomic E-state index is 0.432. The van der Waals surface area contributed by atoms with E-state index in [4.69, 9.17) is 5.26 Å². The molecule has 12 heavy (non-hydrogen) atoms. The Morgan fingerprint density at radius 1 is 1.67 bits per heavy atom. The second-order valence-electron chi connectivity index (χ2n) is 2.48. The Kier molecular flexibility index (Phi) is 3.78. The normalized spacial score (nSPS) is 9.67. The fourth-order valence-electron chi connectivity index (χ4n) is 1.07. The van der Waals surface area contributed by atoms with Crippen LogP contribution < -0.4 is 5.32 Å². The van der Waals surface area contributed by atoms with E-state index in [1.807, 2.05) is 0 Å². The third-order valence-electron chi connectivity index (χ3n) is 1.71. The van der Waals surface area contributed by atoms with Crippen molar-refractivity contribution in [3.63, 3.8) is 0 Å². The summed E-state index contributed by atoms with van der Waals surface area (Å²) in [6, 6.07) is 4.21. The summed E-state index contributed by atoms with van der Waals surface area (Å²) in [5, 5.41) is 13.5. The molecule has 0 saturated carbocycles. The lowest BCUT2D eigenvalue weighted by atomic mass is 10.2. The first-order valence-corrected chi connectivity index (χ1v) is 4.89. The number of nitrogens with one attached hydrogen (secondary N) is 1. The molecule has 0 aliphatic carbocycles. The van der Waals surface area contributed by atoms with E-state index in [0.29, 0.717) is 6.54 Å². The summed E-state index contributed by atoms with van der Waals surface area (Å²) in [6.45, 7) is 3.41. The first kappa shape index (κ1) is 9.24. The summed E-state index contributed by atoms with van der Waals surface area (Å²) in [4.78, 5) is 1.35. The van der Waals surface area contributed by atoms with Gasteiger partial charge in [-0.2, -0.15) is 5.26 Å². The maximum absolute atomic E-state index is 8.31. The third-order valence-corrected chi connectivity index (χ3v) is 2.67. The van der Waals surface area contributed by atoms with Gasteiger partial charge in [-0.3, -0.25) is 5.32 Å². The lowest BCUT2D eigenvalue weighted by molar-refractivity contribution is 0.769. The van der Waals surface area contributed by atoms with Gasteiger partial charge in [0.25, 0.3) is 0 Å². The average molecular weight is 180 g/mol. The van der Waals surface area contributed by atoms with Gasteiger partial charge in [0.15, 0.2) is 0 Å². The van der Waals surface area contributed by atoms with Gasteiger partial charge in [-0.1, -0.05) is 6.92 Å². The van der Waals surface area contributed by atoms with E-state index in [1.165, 1.54) is 10.4 Å². The van der Waals surface area contributed by atoms with E-state index in [9.17, 15) is 0 Å². The fraction of sp³-hybridized carbons (Fsp3) is 0.444. The molecule has 0 amide bonds. The maximum atomic E-state index is 8.31. The van der Waals surface area contributed by atoms with Gasteiger partial charge in [0.2, 0.25) is 0 Å². The van der Waals surface area contributed by atoms with Crippen molar-refractivity contribution < 1.29 is 0 Å². The van der Waals surface area contributed by atoms with Gasteiger partial charge in [-0.15, -0.1) is 11.3 Å². The Labute approximate surface area is 76.8 Å². The predicted molar refractivity (Wildman–Crippen MR) is 51.0 cm³/mol. The van der Waals surface area contributed by atoms with Gasteiger partial charge in [0.1, 0.15) is 0 Å². The van der Waals surface area contributed by atoms with Crippen LogP contribution in [0.25, 0.3) is 0 Å². The Bertz CT molecular complexity index is 272. The summed E-state index contributed by atoms with van der Waals surface area (Å²) in [6.07, 6.45) is 1.08. The Hall–Kier alpha value is -0.850. The zero-order valence-corrected chi connectivity index (χ0v) is 7.95. The van der Waals surface area contributed by atoms with Crippen molar-refractivity contribution in [2.75, 3.05) is 6.54 Å². The molecule has 0 fully saturated rings. The molecule has 0 unspecified atom stereocenters. The summed E-state index contributed by atoms with van der Waals surface area (Å²) in [5.74, 6) is 0. The highest BCUT2D eigenvalue weighted by molar-refractivity contribution is 7.10. The highest BCUT2D eigenvalue weighted by atomic mass is 32.1. The molecule has 1 N–H and O–H groups in total. The molecular weight excluding hydrogens is 168 g/mol. The van der Waals surface area contributed by atoms with Crippen LogP contribution in [-0.4, -0.2) is 6.54 Å². The summed E-state index contributed by atoms with van der Waals surface area (Å²) >= 11 is 1.75. The molecule has 1 heterocycles. The van der Waals surface area contributed by atoms with Crippen LogP contribution in [0.2, 0.25) is 0 Å². The first-order valence-electron chi connectivity index (χ1n) is 4.01. The fourth-order valence-corrected chi connectivity index (χ4v) is 2.01. The summed E-state index contributed by atoms with van der Waals surface area (Å²) in [7, 11) is 0. The number of nitrogens with zero attached hydrogens (tertiary/aromatic N) is 1. The maximum Gasteiger partial charge on any atom is 0.0843 e. The zero-order valence-electron chi connectivity index (χ0n) is 7.13. The predicted octanol–water partition coefficient (Wildman–Crippen LogP) is 1.92. The van der Waals surface area contributed by atoms with Crippen molar-refractivity contribution in [3.05, 3.63) is 21.9 Å². The monoisotopic (exact) mass is 180 g/mol. The van der Waals surface area contributed by atoms with Crippen molar-refractivity contribution >= 4 is 11.3 Å². The van der Waals surface area contributed by atoms with Gasteiger partial charge in [-0.05, 0) is 23.4 Å². The van der Waals surface area contributed by atoms with Gasteiger partial charge in [0, 0.05) is 11.4 Å². The van der Waals surface area contributed by atoms with Crippen LogP contribution in [0.15, 0.2) is 11.4 Å². The second-order valence-corrected chi connectivity index (χ2v) is 3.48. The molecular formula is C9H12N2S. The largest absolute Gasteiger partial charge is 0.300 e. The number of rotatable bonds is 4. The smallest absolute Gasteiger partial charge is 0.0843 e. The van der Waals surface area contributed by atoms with Crippen LogP contribution in [0.1, 0.15) is 17.4 Å². The molecule has 0 aliphatic rings. The molecule has 0 bridgehead atoms. The quantitative estimate of drug-likeness (QED) is 0.567. The van der Waals surface area contributed by atoms with Crippen LogP contribution in [0.3, 0.4) is 0 Å². The molecule has 0 spiro atoms. The molecule has 2 nitrogen and oxygen atoms in total. The SMILES string of the molecule is CCc1ccsc1CNCC#N. The Morgan fingerprint density at radius 2 is 2.50 bits per heavy atom. The minimum absolute atomic E-state index is 0.432. The third kappa shape index (κ3) is 2.33. The van der Waals surface area contributed by atoms with Crippen molar-refractivity contribution in [2.45, 2.75) is 19.9 Å². The minimum Gasteiger partial charge on any atom is -0.300 e. The lowest BCUT2D eigenvalue weighted by Gasteiger charge is -1.99. The second kappa shape index (κ2) is 4.91. The Morgan fingerprint density at radius 3 is 3.17 bits per heavy atom. The van der Waals surface area contributed by atoms with Crippen LogP contribution in [-0.2, 0) is 13.0 Å². The van der Waals surface area contributed by atoms with Gasteiger partial charge in [-0.25, -0.2) is 0 Å². The van der Waals surface area contributed by atoms with Crippen LogP contribution >= 0.6 is 11.3 Å². The van der Waals surface area contributed by atoms with Crippen LogP contribution in [0.4, 0.5) is 0 Å². The molecule has 0 radical (unpaired) electrons. The number of hydrogen-bond donors (Lipinski definition) is 1. The molecule has 1 rings (SSSR count). The molecule has 3 heteroatoms. The van der Waals surface area contributed by atoms with Gasteiger partial charge < -0.3 is 0 Å². The number of hydrogen-bond acceptors (Lipinski definition) is 3. The molecule has 0 aromatic carbocycles. The molecule has 0 saturated heterocycles. The van der Waals surface area contributed by atoms with E-state index in [0.717, 1.165) is 13.0 Å². The van der Waals surface area contributed by atoms with E-state index in [-0.39, 0.29) is 0 Å². The molecule has 0 aliphatic heterocycles. The van der Waals surface area contributed by atoms with Crippen molar-refractivity contribution in [1.82, 2.24) is 5.32 Å². The van der Waals surface area contributed by atoms with E-state index in [2.05, 4.69) is 29.8 Å². The average Bonchev–Trinajstić information content (AvgIpc) is 2.52. The van der Waals surface area contributed by atoms with E-state index < -0.39 is 0 Å². The molecule has 1 aromatic heterocycles. The zero-order chi connectivity index (χ0) is 8.81. The van der Waals surface area contributed by atoms with Gasteiger partial charge in [0.05, 0.1) is 12.6 Å². The lowest BCUT2D eigenvalue weighted by Crippen LogP contribution is -2.12. The van der Waals surface area contributed by atoms with Gasteiger partial charge >= 0.3 is 0 Å². The van der Waals surface area contributed by atoms with E-state index >= 15 is 0 Å². The Balaban J connectivity index is 2.46. The number of aryl methyl sites for hydroxylation is 1. The topological polar surface area (TPSA) is 35.8 Å². The van der Waals surface area contributed by atoms with Crippen LogP contribution in [0.5, 0.6) is 0 Å². The molecule has 1 aromatic rings. The highest BCUT2D eigenvalue weighted by Crippen LogP contribution is 2.16. The highest BCUT2D eigenvalue weighted by Gasteiger charge is 2.00. The first-order chi connectivity index (χ1) is 5.88. The summed E-state index contributed by atoms with van der Waals surface area (Å²) < 4.78 is 0. The van der Waals surface area contributed by atoms with Crippen LogP contribution in [0, 0.1) is 11.3 Å². The summed E-state index contributed by atoms with van der Waals surface area (Å²) in [5.41, 5.74) is 1.39. The molecule has 0 atom stereocenters. The van der Waals surface area contributed by atoms with Crippen molar-refractivity contribution in [1.29, 1.82) is 5.26 Å². The standard InChI is InChI=1S/C9H12N2S/c1-2-8-3-6-12-9(8)7-11-5-4-10/h3,6,11H,2,5,7H2,1H3. The number of nitriles is 1.